The first kappa shape index (κ1) is 12.5. The molecule has 0 aromatic heterocycles. The highest BCUT2D eigenvalue weighted by Gasteiger charge is 2.16. The van der Waals surface area contributed by atoms with Crippen molar-refractivity contribution in [3.63, 3.8) is 0 Å². The second-order valence-electron chi connectivity index (χ2n) is 4.47. The van der Waals surface area contributed by atoms with Crippen LogP contribution in [0, 0.1) is 0 Å². The van der Waals surface area contributed by atoms with Crippen molar-refractivity contribution in [1.29, 1.82) is 0 Å². The molecule has 0 aliphatic carbocycles. The molecule has 1 aliphatic heterocycles. The molecule has 1 fully saturated rings. The van der Waals surface area contributed by atoms with E-state index < -0.39 is 0 Å². The lowest BCUT2D eigenvalue weighted by molar-refractivity contribution is 0.387. The zero-order valence-corrected chi connectivity index (χ0v) is 10.8. The Morgan fingerprint density at radius 2 is 2.29 bits per heavy atom. The number of nitrogens with one attached hydrogen (secondary N) is 1. The van der Waals surface area contributed by atoms with E-state index in [1.165, 1.54) is 12.8 Å². The van der Waals surface area contributed by atoms with Crippen LogP contribution in [0.2, 0.25) is 5.02 Å². The summed E-state index contributed by atoms with van der Waals surface area (Å²) in [7, 11) is 1.54. The number of ether oxygens (including phenoxy) is 1. The molecule has 1 aromatic rings. The summed E-state index contributed by atoms with van der Waals surface area (Å²) in [6.45, 7) is 1.06. The maximum Gasteiger partial charge on any atom is 0.141 e. The van der Waals surface area contributed by atoms with Crippen molar-refractivity contribution in [2.75, 3.05) is 13.7 Å². The van der Waals surface area contributed by atoms with Gasteiger partial charge < -0.3 is 15.2 Å². The summed E-state index contributed by atoms with van der Waals surface area (Å²) in [5, 5.41) is 13.9. The van der Waals surface area contributed by atoms with Crippen molar-refractivity contribution in [2.24, 2.45) is 0 Å². The molecular formula is C13H18ClNO2. The first-order valence-corrected chi connectivity index (χ1v) is 6.37. The van der Waals surface area contributed by atoms with Crippen molar-refractivity contribution in [2.45, 2.75) is 31.7 Å². The Kier molecular flexibility index (Phi) is 4.13. The number of hydrogen-bond acceptors (Lipinski definition) is 3. The van der Waals surface area contributed by atoms with Crippen molar-refractivity contribution in [1.82, 2.24) is 5.32 Å². The number of piperidine rings is 1. The maximum atomic E-state index is 9.91. The van der Waals surface area contributed by atoms with Crippen LogP contribution in [0.3, 0.4) is 0 Å². The lowest BCUT2D eigenvalue weighted by Gasteiger charge is -2.24. The molecule has 1 aromatic carbocycles. The van der Waals surface area contributed by atoms with Crippen LogP contribution in [0.4, 0.5) is 0 Å². The topological polar surface area (TPSA) is 41.5 Å². The molecule has 1 saturated heterocycles. The fourth-order valence-corrected chi connectivity index (χ4v) is 2.53. The van der Waals surface area contributed by atoms with Crippen molar-refractivity contribution in [3.05, 3.63) is 22.7 Å². The van der Waals surface area contributed by atoms with Crippen LogP contribution in [-0.2, 0) is 6.42 Å². The van der Waals surface area contributed by atoms with Gasteiger partial charge in [0.2, 0.25) is 0 Å². The molecule has 0 spiro atoms. The van der Waals surface area contributed by atoms with E-state index in [0.29, 0.717) is 16.8 Å². The average molecular weight is 256 g/mol. The Morgan fingerprint density at radius 1 is 1.47 bits per heavy atom. The fourth-order valence-electron chi connectivity index (χ4n) is 2.27. The molecule has 1 unspecified atom stereocenters. The SMILES string of the molecule is COc1cc(O)c(CC2CCCCN2)cc1Cl. The lowest BCUT2D eigenvalue weighted by atomic mass is 9.97. The molecule has 2 N–H and O–H groups in total. The monoisotopic (exact) mass is 255 g/mol. The first-order chi connectivity index (χ1) is 8.20. The van der Waals surface area contributed by atoms with Gasteiger partial charge in [-0.25, -0.2) is 0 Å². The lowest BCUT2D eigenvalue weighted by Crippen LogP contribution is -2.35. The van der Waals surface area contributed by atoms with Gasteiger partial charge in [-0.3, -0.25) is 0 Å². The van der Waals surface area contributed by atoms with Crippen LogP contribution in [0.1, 0.15) is 24.8 Å². The molecule has 2 rings (SSSR count). The number of rotatable bonds is 3. The smallest absolute Gasteiger partial charge is 0.141 e. The standard InChI is InChI=1S/C13H18ClNO2/c1-17-13-8-12(16)9(7-11(13)14)6-10-4-2-3-5-15-10/h7-8,10,15-16H,2-6H2,1H3. The molecule has 1 atom stereocenters. The number of methoxy groups -OCH3 is 1. The van der Waals surface area contributed by atoms with Gasteiger partial charge in [0, 0.05) is 12.1 Å². The molecule has 17 heavy (non-hydrogen) atoms. The highest BCUT2D eigenvalue weighted by Crippen LogP contribution is 2.32. The van der Waals surface area contributed by atoms with E-state index in [-0.39, 0.29) is 5.75 Å². The molecule has 4 heteroatoms. The van der Waals surface area contributed by atoms with Crippen LogP contribution >= 0.6 is 11.6 Å². The second-order valence-corrected chi connectivity index (χ2v) is 4.87. The molecule has 0 saturated carbocycles. The predicted molar refractivity (Wildman–Crippen MR) is 69.0 cm³/mol. The first-order valence-electron chi connectivity index (χ1n) is 5.99. The molecule has 3 nitrogen and oxygen atoms in total. The zero-order chi connectivity index (χ0) is 12.3. The number of phenolic OH excluding ortho intramolecular Hbond substituents is 1. The van der Waals surface area contributed by atoms with Gasteiger partial charge in [-0.2, -0.15) is 0 Å². The Morgan fingerprint density at radius 3 is 2.94 bits per heavy atom. The maximum absolute atomic E-state index is 9.91. The van der Waals surface area contributed by atoms with Gasteiger partial charge in [0.15, 0.2) is 0 Å². The number of hydrogen-bond donors (Lipinski definition) is 2. The van der Waals surface area contributed by atoms with E-state index in [0.717, 1.165) is 24.9 Å². The van der Waals surface area contributed by atoms with Crippen LogP contribution < -0.4 is 10.1 Å². The highest BCUT2D eigenvalue weighted by molar-refractivity contribution is 6.32. The van der Waals surface area contributed by atoms with Crippen molar-refractivity contribution >= 4 is 11.6 Å². The molecule has 1 aliphatic rings. The number of phenols is 1. The third-order valence-corrected chi connectivity index (χ3v) is 3.53. The average Bonchev–Trinajstić information content (AvgIpc) is 2.34. The van der Waals surface area contributed by atoms with Gasteiger partial charge in [0.05, 0.1) is 12.1 Å². The third kappa shape index (κ3) is 3.05. The van der Waals surface area contributed by atoms with Crippen LogP contribution in [0.15, 0.2) is 12.1 Å². The van der Waals surface area contributed by atoms with E-state index >= 15 is 0 Å². The quantitative estimate of drug-likeness (QED) is 0.873. The summed E-state index contributed by atoms with van der Waals surface area (Å²) in [5.41, 5.74) is 0.884. The summed E-state index contributed by atoms with van der Waals surface area (Å²) in [4.78, 5) is 0. The van der Waals surface area contributed by atoms with Crippen LogP contribution in [0.25, 0.3) is 0 Å². The molecule has 0 bridgehead atoms. The van der Waals surface area contributed by atoms with Gasteiger partial charge in [-0.1, -0.05) is 18.0 Å². The van der Waals surface area contributed by atoms with E-state index in [1.54, 1.807) is 19.2 Å². The Balaban J connectivity index is 2.12. The van der Waals surface area contributed by atoms with Crippen molar-refractivity contribution < 1.29 is 9.84 Å². The summed E-state index contributed by atoms with van der Waals surface area (Å²) in [6, 6.07) is 3.83. The molecule has 94 valence electrons. The van der Waals surface area contributed by atoms with Gasteiger partial charge in [0.25, 0.3) is 0 Å². The summed E-state index contributed by atoms with van der Waals surface area (Å²) in [5.74, 6) is 0.781. The minimum absolute atomic E-state index is 0.263. The highest BCUT2D eigenvalue weighted by atomic mass is 35.5. The van der Waals surface area contributed by atoms with Crippen LogP contribution in [-0.4, -0.2) is 24.8 Å². The minimum atomic E-state index is 0.263. The molecule has 1 heterocycles. The normalized spacial score (nSPS) is 20.2. The summed E-state index contributed by atoms with van der Waals surface area (Å²) < 4.78 is 5.06. The molecular weight excluding hydrogens is 238 g/mol. The molecule has 0 amide bonds. The number of halogens is 1. The Hall–Kier alpha value is -0.930. The van der Waals surface area contributed by atoms with E-state index in [9.17, 15) is 5.11 Å². The van der Waals surface area contributed by atoms with E-state index in [2.05, 4.69) is 5.32 Å². The third-order valence-electron chi connectivity index (χ3n) is 3.23. The van der Waals surface area contributed by atoms with Crippen LogP contribution in [0.5, 0.6) is 11.5 Å². The predicted octanol–water partition coefficient (Wildman–Crippen LogP) is 2.74. The molecule has 0 radical (unpaired) electrons. The van der Waals surface area contributed by atoms with E-state index in [4.69, 9.17) is 16.3 Å². The second kappa shape index (κ2) is 5.61. The fraction of sp³-hybridized carbons (Fsp3) is 0.538. The zero-order valence-electron chi connectivity index (χ0n) is 10.0. The minimum Gasteiger partial charge on any atom is -0.508 e. The Bertz CT molecular complexity index is 389. The van der Waals surface area contributed by atoms with Gasteiger partial charge >= 0.3 is 0 Å². The number of aromatic hydroxyl groups is 1. The largest absolute Gasteiger partial charge is 0.508 e. The van der Waals surface area contributed by atoms with Gasteiger partial charge in [-0.05, 0) is 37.4 Å². The Labute approximate surface area is 107 Å². The van der Waals surface area contributed by atoms with E-state index in [1.807, 2.05) is 0 Å². The van der Waals surface area contributed by atoms with Gasteiger partial charge in [0.1, 0.15) is 11.5 Å². The number of benzene rings is 1. The van der Waals surface area contributed by atoms with Gasteiger partial charge in [-0.15, -0.1) is 0 Å². The van der Waals surface area contributed by atoms with Crippen molar-refractivity contribution in [3.8, 4) is 11.5 Å². The summed E-state index contributed by atoms with van der Waals surface area (Å²) >= 11 is 6.06. The summed E-state index contributed by atoms with van der Waals surface area (Å²) in [6.07, 6.45) is 4.47.